The molecule has 0 bridgehead atoms. The quantitative estimate of drug-likeness (QED) is 0.864. The van der Waals surface area contributed by atoms with Crippen LogP contribution in [-0.2, 0) is 12.0 Å². The summed E-state index contributed by atoms with van der Waals surface area (Å²) in [5.41, 5.74) is 3.95. The van der Waals surface area contributed by atoms with Gasteiger partial charge in [0.15, 0.2) is 11.6 Å². The molecule has 0 unspecified atom stereocenters. The molecule has 2 aromatic rings. The second kappa shape index (κ2) is 5.84. The van der Waals surface area contributed by atoms with E-state index in [0.29, 0.717) is 12.2 Å². The van der Waals surface area contributed by atoms with Crippen molar-refractivity contribution in [1.29, 1.82) is 0 Å². The molecular formula is C19H22F2N2. The van der Waals surface area contributed by atoms with E-state index in [1.54, 1.807) is 0 Å². The molecule has 3 rings (SSSR count). The molecule has 0 aromatic heterocycles. The minimum Gasteiger partial charge on any atom is -0.382 e. The van der Waals surface area contributed by atoms with Crippen LogP contribution < -0.4 is 10.2 Å². The molecule has 4 heteroatoms. The highest BCUT2D eigenvalue weighted by Gasteiger charge is 2.20. The van der Waals surface area contributed by atoms with Gasteiger partial charge in [-0.25, -0.2) is 8.78 Å². The van der Waals surface area contributed by atoms with Crippen molar-refractivity contribution >= 4 is 11.4 Å². The predicted molar refractivity (Wildman–Crippen MR) is 91.0 cm³/mol. The van der Waals surface area contributed by atoms with E-state index in [-0.39, 0.29) is 5.41 Å². The molecule has 1 N–H and O–H groups in total. The van der Waals surface area contributed by atoms with Crippen LogP contribution in [0.2, 0.25) is 0 Å². The minimum absolute atomic E-state index is 0.126. The van der Waals surface area contributed by atoms with Gasteiger partial charge in [-0.15, -0.1) is 0 Å². The molecule has 1 aliphatic rings. The zero-order chi connectivity index (χ0) is 16.6. The topological polar surface area (TPSA) is 15.3 Å². The molecule has 1 heterocycles. The van der Waals surface area contributed by atoms with Gasteiger partial charge in [-0.2, -0.15) is 0 Å². The number of anilines is 2. The third-order valence-corrected chi connectivity index (χ3v) is 4.27. The van der Waals surface area contributed by atoms with Crippen LogP contribution in [0.3, 0.4) is 0 Å². The van der Waals surface area contributed by atoms with Gasteiger partial charge in [0.2, 0.25) is 0 Å². The van der Waals surface area contributed by atoms with Crippen molar-refractivity contribution in [1.82, 2.24) is 0 Å². The lowest BCUT2D eigenvalue weighted by atomic mass is 9.87. The Hall–Kier alpha value is -2.10. The van der Waals surface area contributed by atoms with Crippen LogP contribution >= 0.6 is 0 Å². The van der Waals surface area contributed by atoms with Crippen molar-refractivity contribution in [2.45, 2.75) is 32.7 Å². The highest BCUT2D eigenvalue weighted by molar-refractivity contribution is 5.72. The number of halogens is 2. The Morgan fingerprint density at radius 3 is 2.35 bits per heavy atom. The Labute approximate surface area is 136 Å². The molecule has 23 heavy (non-hydrogen) atoms. The molecule has 0 saturated carbocycles. The van der Waals surface area contributed by atoms with Gasteiger partial charge in [-0.1, -0.05) is 45.0 Å². The number of hydrogen-bond acceptors (Lipinski definition) is 2. The molecule has 0 saturated heterocycles. The standard InChI is InChI=1S/C19H22F2N2/c1-19(2,3)14-6-4-13(5-7-14)12-23-9-8-22-17-10-15(20)16(21)11-18(17)23/h4-7,10-11,22H,8-9,12H2,1-3H3. The van der Waals surface area contributed by atoms with Gasteiger partial charge in [-0.05, 0) is 16.5 Å². The molecule has 0 atom stereocenters. The summed E-state index contributed by atoms with van der Waals surface area (Å²) in [4.78, 5) is 2.08. The summed E-state index contributed by atoms with van der Waals surface area (Å²) in [6, 6.07) is 11.0. The summed E-state index contributed by atoms with van der Waals surface area (Å²) in [5.74, 6) is -1.62. The molecule has 1 aliphatic heterocycles. The number of fused-ring (bicyclic) bond motifs is 1. The summed E-state index contributed by atoms with van der Waals surface area (Å²) < 4.78 is 27.0. The van der Waals surface area contributed by atoms with E-state index in [1.807, 2.05) is 0 Å². The number of nitrogens with zero attached hydrogens (tertiary/aromatic N) is 1. The van der Waals surface area contributed by atoms with Crippen LogP contribution in [-0.4, -0.2) is 13.1 Å². The van der Waals surface area contributed by atoms with Crippen molar-refractivity contribution in [2.24, 2.45) is 0 Å². The van der Waals surface area contributed by atoms with Crippen LogP contribution in [0.25, 0.3) is 0 Å². The number of benzene rings is 2. The Kier molecular flexibility index (Phi) is 4.00. The first-order chi connectivity index (χ1) is 10.8. The molecule has 0 spiro atoms. The van der Waals surface area contributed by atoms with Crippen LogP contribution in [0.1, 0.15) is 31.9 Å². The fourth-order valence-electron chi connectivity index (χ4n) is 2.88. The third kappa shape index (κ3) is 3.31. The summed E-state index contributed by atoms with van der Waals surface area (Å²) in [5, 5.41) is 3.13. The van der Waals surface area contributed by atoms with Crippen molar-refractivity contribution in [3.05, 3.63) is 59.2 Å². The van der Waals surface area contributed by atoms with E-state index in [9.17, 15) is 8.78 Å². The number of nitrogens with one attached hydrogen (secondary N) is 1. The van der Waals surface area contributed by atoms with E-state index in [4.69, 9.17) is 0 Å². The van der Waals surface area contributed by atoms with Crippen molar-refractivity contribution < 1.29 is 8.78 Å². The lowest BCUT2D eigenvalue weighted by molar-refractivity contribution is 0.508. The first-order valence-corrected chi connectivity index (χ1v) is 7.92. The van der Waals surface area contributed by atoms with Gasteiger partial charge in [0.05, 0.1) is 11.4 Å². The lowest BCUT2D eigenvalue weighted by Gasteiger charge is -2.32. The molecule has 2 nitrogen and oxygen atoms in total. The zero-order valence-corrected chi connectivity index (χ0v) is 13.8. The van der Waals surface area contributed by atoms with Crippen LogP contribution in [0.15, 0.2) is 36.4 Å². The normalized spacial score (nSPS) is 14.4. The molecule has 2 aromatic carbocycles. The molecule has 0 radical (unpaired) electrons. The molecule has 0 fully saturated rings. The van der Waals surface area contributed by atoms with Crippen molar-refractivity contribution in [3.63, 3.8) is 0 Å². The Morgan fingerprint density at radius 1 is 1.04 bits per heavy atom. The van der Waals surface area contributed by atoms with E-state index in [1.165, 1.54) is 17.7 Å². The van der Waals surface area contributed by atoms with Gasteiger partial charge in [0, 0.05) is 31.8 Å². The molecular weight excluding hydrogens is 294 g/mol. The Bertz CT molecular complexity index is 703. The predicted octanol–water partition coefficient (Wildman–Crippen LogP) is 4.69. The third-order valence-electron chi connectivity index (χ3n) is 4.27. The van der Waals surface area contributed by atoms with Gasteiger partial charge < -0.3 is 10.2 Å². The van der Waals surface area contributed by atoms with Gasteiger partial charge in [0.25, 0.3) is 0 Å². The van der Waals surface area contributed by atoms with Gasteiger partial charge in [-0.3, -0.25) is 0 Å². The summed E-state index contributed by atoms with van der Waals surface area (Å²) in [6.07, 6.45) is 0. The average Bonchev–Trinajstić information content (AvgIpc) is 2.49. The van der Waals surface area contributed by atoms with Crippen LogP contribution in [0.5, 0.6) is 0 Å². The fraction of sp³-hybridized carbons (Fsp3) is 0.368. The highest BCUT2D eigenvalue weighted by atomic mass is 19.2. The number of hydrogen-bond donors (Lipinski definition) is 1. The lowest BCUT2D eigenvalue weighted by Crippen LogP contribution is -2.33. The van der Waals surface area contributed by atoms with Crippen molar-refractivity contribution in [3.8, 4) is 0 Å². The fourth-order valence-corrected chi connectivity index (χ4v) is 2.88. The zero-order valence-electron chi connectivity index (χ0n) is 13.8. The van der Waals surface area contributed by atoms with Gasteiger partial charge >= 0.3 is 0 Å². The Balaban J connectivity index is 1.83. The van der Waals surface area contributed by atoms with E-state index >= 15 is 0 Å². The molecule has 122 valence electrons. The maximum Gasteiger partial charge on any atom is 0.161 e. The first kappa shape index (κ1) is 15.8. The SMILES string of the molecule is CC(C)(C)c1ccc(CN2CCNc3cc(F)c(F)cc32)cc1. The van der Waals surface area contributed by atoms with Crippen LogP contribution in [0, 0.1) is 11.6 Å². The van der Waals surface area contributed by atoms with Crippen molar-refractivity contribution in [2.75, 3.05) is 23.3 Å². The molecule has 0 aliphatic carbocycles. The summed E-state index contributed by atoms with van der Waals surface area (Å²) >= 11 is 0. The maximum absolute atomic E-state index is 13.6. The largest absolute Gasteiger partial charge is 0.382 e. The monoisotopic (exact) mass is 316 g/mol. The highest BCUT2D eigenvalue weighted by Crippen LogP contribution is 2.32. The van der Waals surface area contributed by atoms with E-state index in [0.717, 1.165) is 24.3 Å². The minimum atomic E-state index is -0.812. The number of rotatable bonds is 2. The smallest absolute Gasteiger partial charge is 0.161 e. The maximum atomic E-state index is 13.6. The second-order valence-electron chi connectivity index (χ2n) is 7.08. The summed E-state index contributed by atoms with van der Waals surface area (Å²) in [6.45, 7) is 8.73. The second-order valence-corrected chi connectivity index (χ2v) is 7.08. The Morgan fingerprint density at radius 2 is 1.70 bits per heavy atom. The molecule has 0 amide bonds. The van der Waals surface area contributed by atoms with Gasteiger partial charge in [0.1, 0.15) is 0 Å². The van der Waals surface area contributed by atoms with E-state index in [2.05, 4.69) is 55.3 Å². The first-order valence-electron chi connectivity index (χ1n) is 7.92. The van der Waals surface area contributed by atoms with Crippen LogP contribution in [0.4, 0.5) is 20.2 Å². The summed E-state index contributed by atoms with van der Waals surface area (Å²) in [7, 11) is 0. The average molecular weight is 316 g/mol. The van der Waals surface area contributed by atoms with E-state index < -0.39 is 11.6 Å².